The summed E-state index contributed by atoms with van der Waals surface area (Å²) < 4.78 is 11.1. The second-order valence-corrected chi connectivity index (χ2v) is 8.48. The van der Waals surface area contributed by atoms with Gasteiger partial charge in [0.2, 0.25) is 11.7 Å². The van der Waals surface area contributed by atoms with E-state index in [1.807, 2.05) is 18.2 Å². The average Bonchev–Trinajstić information content (AvgIpc) is 3.13. The van der Waals surface area contributed by atoms with Crippen molar-refractivity contribution in [1.29, 1.82) is 0 Å². The largest absolute Gasteiger partial charge is 0.449 e. The van der Waals surface area contributed by atoms with Crippen molar-refractivity contribution in [2.24, 2.45) is 0 Å². The highest BCUT2D eigenvalue weighted by molar-refractivity contribution is 8.00. The van der Waals surface area contributed by atoms with Gasteiger partial charge in [0.25, 0.3) is 5.91 Å². The van der Waals surface area contributed by atoms with Gasteiger partial charge in [0, 0.05) is 28.4 Å². The number of carbonyl (C=O) groups is 2. The zero-order valence-electron chi connectivity index (χ0n) is 15.8. The Bertz CT molecular complexity index is 1100. The summed E-state index contributed by atoms with van der Waals surface area (Å²) in [5, 5.41) is 4.59. The van der Waals surface area contributed by atoms with Crippen LogP contribution in [0.25, 0.3) is 11.0 Å². The molecule has 30 heavy (non-hydrogen) atoms. The summed E-state index contributed by atoms with van der Waals surface area (Å²) in [6.45, 7) is 1.91. The van der Waals surface area contributed by atoms with Crippen molar-refractivity contribution < 1.29 is 18.7 Å². The number of benzene rings is 2. The lowest BCUT2D eigenvalue weighted by Gasteiger charge is -2.26. The van der Waals surface area contributed by atoms with Gasteiger partial charge >= 0.3 is 0 Å². The quantitative estimate of drug-likeness (QED) is 0.541. The number of halogens is 2. The number of hydrogen-bond acceptors (Lipinski definition) is 5. The molecule has 6 nitrogen and oxygen atoms in total. The molecule has 2 amide bonds. The highest BCUT2D eigenvalue weighted by Crippen LogP contribution is 2.33. The maximum absolute atomic E-state index is 13.0. The van der Waals surface area contributed by atoms with Gasteiger partial charge in [-0.05, 0) is 30.3 Å². The minimum absolute atomic E-state index is 0.102. The third kappa shape index (κ3) is 4.59. The number of para-hydroxylation sites is 1. The Balaban J connectivity index is 1.55. The zero-order chi connectivity index (χ0) is 21.1. The molecule has 0 spiro atoms. The van der Waals surface area contributed by atoms with Crippen LogP contribution < -0.4 is 5.32 Å². The fraction of sp³-hybridized carbons (Fsp3) is 0.238. The number of thioether (sulfide) groups is 1. The molecule has 1 fully saturated rings. The molecule has 1 aromatic heterocycles. The standard InChI is InChI=1S/C21H18Cl2N2O4S/c22-13-5-6-15(23)17(11-13)30-12-18(26)24-19-14-3-1-2-4-16(14)29-20(19)21(27)25-7-9-28-10-8-25/h1-6,11H,7-10,12H2,(H,24,26). The van der Waals surface area contributed by atoms with Gasteiger partial charge in [-0.3, -0.25) is 9.59 Å². The number of amides is 2. The Kier molecular flexibility index (Phi) is 6.53. The monoisotopic (exact) mass is 464 g/mol. The van der Waals surface area contributed by atoms with E-state index >= 15 is 0 Å². The Morgan fingerprint density at radius 1 is 1.10 bits per heavy atom. The Morgan fingerprint density at radius 3 is 2.67 bits per heavy atom. The predicted molar refractivity (Wildman–Crippen MR) is 119 cm³/mol. The topological polar surface area (TPSA) is 71.8 Å². The van der Waals surface area contributed by atoms with Crippen LogP contribution in [0.1, 0.15) is 10.6 Å². The van der Waals surface area contributed by atoms with Crippen molar-refractivity contribution in [3.05, 3.63) is 58.3 Å². The summed E-state index contributed by atoms with van der Waals surface area (Å²) in [6.07, 6.45) is 0. The second kappa shape index (κ2) is 9.31. The molecule has 0 unspecified atom stereocenters. The first-order chi connectivity index (χ1) is 14.5. The maximum atomic E-state index is 13.0. The molecule has 3 aromatic rings. The van der Waals surface area contributed by atoms with Crippen molar-refractivity contribution >= 4 is 63.4 Å². The number of morpholine rings is 1. The molecule has 0 bridgehead atoms. The number of carbonyl (C=O) groups excluding carboxylic acids is 2. The van der Waals surface area contributed by atoms with E-state index in [0.29, 0.717) is 57.9 Å². The molecule has 0 saturated carbocycles. The molecule has 1 N–H and O–H groups in total. The van der Waals surface area contributed by atoms with Crippen molar-refractivity contribution in [2.45, 2.75) is 4.90 Å². The van der Waals surface area contributed by atoms with Crippen LogP contribution in [0, 0.1) is 0 Å². The van der Waals surface area contributed by atoms with Crippen LogP contribution in [0.3, 0.4) is 0 Å². The van der Waals surface area contributed by atoms with Crippen LogP contribution in [-0.2, 0) is 9.53 Å². The zero-order valence-corrected chi connectivity index (χ0v) is 18.1. The van der Waals surface area contributed by atoms with Gasteiger partial charge in [-0.1, -0.05) is 35.3 Å². The summed E-state index contributed by atoms with van der Waals surface area (Å²) in [4.78, 5) is 28.1. The number of fused-ring (bicyclic) bond motifs is 1. The molecular formula is C21H18Cl2N2O4S. The van der Waals surface area contributed by atoms with Gasteiger partial charge in [0.1, 0.15) is 11.3 Å². The van der Waals surface area contributed by atoms with Crippen LogP contribution in [0.4, 0.5) is 5.69 Å². The van der Waals surface area contributed by atoms with Gasteiger partial charge in [-0.2, -0.15) is 0 Å². The lowest BCUT2D eigenvalue weighted by Crippen LogP contribution is -2.40. The first-order valence-corrected chi connectivity index (χ1v) is 11.0. The molecule has 1 aliphatic heterocycles. The Labute approximate surface area is 187 Å². The molecule has 0 atom stereocenters. The first-order valence-electron chi connectivity index (χ1n) is 9.29. The van der Waals surface area contributed by atoms with Crippen LogP contribution in [0.5, 0.6) is 0 Å². The summed E-state index contributed by atoms with van der Waals surface area (Å²) in [7, 11) is 0. The third-order valence-corrected chi connectivity index (χ3v) is 6.34. The Morgan fingerprint density at radius 2 is 1.87 bits per heavy atom. The van der Waals surface area contributed by atoms with Gasteiger partial charge in [-0.15, -0.1) is 11.8 Å². The van der Waals surface area contributed by atoms with Crippen LogP contribution in [0.15, 0.2) is 51.8 Å². The van der Waals surface area contributed by atoms with Crippen LogP contribution >= 0.6 is 35.0 Å². The van der Waals surface area contributed by atoms with Crippen LogP contribution in [0.2, 0.25) is 10.0 Å². The number of nitrogens with one attached hydrogen (secondary N) is 1. The van der Waals surface area contributed by atoms with Crippen molar-refractivity contribution in [3.63, 3.8) is 0 Å². The number of ether oxygens (including phenoxy) is 1. The summed E-state index contributed by atoms with van der Waals surface area (Å²) in [5.41, 5.74) is 0.917. The second-order valence-electron chi connectivity index (χ2n) is 6.62. The van der Waals surface area contributed by atoms with Crippen molar-refractivity contribution in [1.82, 2.24) is 4.90 Å². The molecule has 1 aliphatic rings. The van der Waals surface area contributed by atoms with E-state index in [1.165, 1.54) is 11.8 Å². The summed E-state index contributed by atoms with van der Waals surface area (Å²) in [6, 6.07) is 12.3. The normalized spacial score (nSPS) is 14.1. The van der Waals surface area contributed by atoms with Gasteiger partial charge < -0.3 is 19.4 Å². The van der Waals surface area contributed by atoms with Crippen molar-refractivity contribution in [2.75, 3.05) is 37.4 Å². The van der Waals surface area contributed by atoms with E-state index in [1.54, 1.807) is 29.2 Å². The van der Waals surface area contributed by atoms with Crippen LogP contribution in [-0.4, -0.2) is 48.8 Å². The first kappa shape index (κ1) is 21.1. The average molecular weight is 465 g/mol. The molecule has 156 valence electrons. The number of nitrogens with zero attached hydrogens (tertiary/aromatic N) is 1. The highest BCUT2D eigenvalue weighted by atomic mass is 35.5. The Hall–Kier alpha value is -2.19. The van der Waals surface area contributed by atoms with E-state index in [-0.39, 0.29) is 23.3 Å². The van der Waals surface area contributed by atoms with E-state index < -0.39 is 0 Å². The fourth-order valence-corrected chi connectivity index (χ4v) is 4.43. The predicted octanol–water partition coefficient (Wildman–Crippen LogP) is 4.94. The lowest BCUT2D eigenvalue weighted by atomic mass is 10.2. The molecule has 1 saturated heterocycles. The minimum Gasteiger partial charge on any atom is -0.449 e. The molecule has 2 heterocycles. The van der Waals surface area contributed by atoms with Gasteiger partial charge in [0.05, 0.1) is 24.0 Å². The number of anilines is 1. The molecule has 9 heteroatoms. The minimum atomic E-state index is -0.279. The molecule has 0 radical (unpaired) electrons. The van der Waals surface area contributed by atoms with Crippen molar-refractivity contribution in [3.8, 4) is 0 Å². The van der Waals surface area contributed by atoms with E-state index in [9.17, 15) is 9.59 Å². The highest BCUT2D eigenvalue weighted by Gasteiger charge is 2.27. The summed E-state index contributed by atoms with van der Waals surface area (Å²) in [5.74, 6) is -0.323. The number of furan rings is 1. The number of hydrogen-bond donors (Lipinski definition) is 1. The third-order valence-electron chi connectivity index (χ3n) is 4.60. The van der Waals surface area contributed by atoms with E-state index in [4.69, 9.17) is 32.4 Å². The van der Waals surface area contributed by atoms with Gasteiger partial charge in [-0.25, -0.2) is 0 Å². The van der Waals surface area contributed by atoms with E-state index in [2.05, 4.69) is 5.32 Å². The molecule has 0 aliphatic carbocycles. The van der Waals surface area contributed by atoms with E-state index in [0.717, 1.165) is 0 Å². The van der Waals surface area contributed by atoms with Gasteiger partial charge in [0.15, 0.2) is 0 Å². The summed E-state index contributed by atoms with van der Waals surface area (Å²) >= 11 is 13.4. The molecule has 2 aromatic carbocycles. The number of rotatable bonds is 5. The molecule has 4 rings (SSSR count). The smallest absolute Gasteiger partial charge is 0.291 e. The SMILES string of the molecule is O=C(CSc1cc(Cl)ccc1Cl)Nc1c(C(=O)N2CCOCC2)oc2ccccc12. The lowest BCUT2D eigenvalue weighted by molar-refractivity contribution is -0.113. The maximum Gasteiger partial charge on any atom is 0.291 e. The molecular weight excluding hydrogens is 447 g/mol. The fourth-order valence-electron chi connectivity index (χ4n) is 3.14.